The monoisotopic (exact) mass is 325 g/mol. The van der Waals surface area contributed by atoms with Gasteiger partial charge in [0.1, 0.15) is 23.2 Å². The predicted molar refractivity (Wildman–Crippen MR) is 84.5 cm³/mol. The molecular weight excluding hydrogens is 309 g/mol. The van der Waals surface area contributed by atoms with Crippen LogP contribution in [0.5, 0.6) is 0 Å². The highest BCUT2D eigenvalue weighted by molar-refractivity contribution is 5.92. The standard InChI is InChI=1S/C18H16FN3O2/c1-12-13(10-20)2-7-16(21-12)17(23)22-9-8-18(24,11-22)14-3-5-15(19)6-4-14/h2-7,24H,8-9,11H2,1H3. The Morgan fingerprint density at radius 1 is 1.33 bits per heavy atom. The number of rotatable bonds is 2. The van der Waals surface area contributed by atoms with Crippen LogP contribution in [0.4, 0.5) is 4.39 Å². The van der Waals surface area contributed by atoms with Gasteiger partial charge < -0.3 is 10.0 Å². The normalized spacial score (nSPS) is 20.0. The smallest absolute Gasteiger partial charge is 0.272 e. The molecule has 0 bridgehead atoms. The minimum Gasteiger partial charge on any atom is -0.383 e. The molecule has 1 aromatic heterocycles. The van der Waals surface area contributed by atoms with E-state index in [-0.39, 0.29) is 24.0 Å². The zero-order valence-corrected chi connectivity index (χ0v) is 13.2. The molecule has 0 spiro atoms. The van der Waals surface area contributed by atoms with Crippen LogP contribution in [0.2, 0.25) is 0 Å². The second kappa shape index (κ2) is 6.02. The minimum atomic E-state index is -1.19. The van der Waals surface area contributed by atoms with E-state index >= 15 is 0 Å². The summed E-state index contributed by atoms with van der Waals surface area (Å²) in [5, 5.41) is 19.7. The molecule has 1 aromatic carbocycles. The van der Waals surface area contributed by atoms with Gasteiger partial charge in [-0.1, -0.05) is 12.1 Å². The fourth-order valence-electron chi connectivity index (χ4n) is 2.92. The molecule has 0 saturated carbocycles. The molecule has 5 nitrogen and oxygen atoms in total. The van der Waals surface area contributed by atoms with Crippen molar-refractivity contribution in [1.29, 1.82) is 5.26 Å². The van der Waals surface area contributed by atoms with Crippen LogP contribution in [0.1, 0.15) is 33.7 Å². The molecule has 1 saturated heterocycles. The Labute approximate surface area is 139 Å². The molecule has 6 heteroatoms. The molecule has 2 aromatic rings. The largest absolute Gasteiger partial charge is 0.383 e. The van der Waals surface area contributed by atoms with Gasteiger partial charge in [0, 0.05) is 6.54 Å². The number of pyridine rings is 1. The van der Waals surface area contributed by atoms with E-state index in [9.17, 15) is 14.3 Å². The number of likely N-dealkylation sites (tertiary alicyclic amines) is 1. The van der Waals surface area contributed by atoms with E-state index in [1.807, 2.05) is 6.07 Å². The quantitative estimate of drug-likeness (QED) is 0.917. The summed E-state index contributed by atoms with van der Waals surface area (Å²) in [5.74, 6) is -0.661. The lowest BCUT2D eigenvalue weighted by atomic mass is 9.93. The van der Waals surface area contributed by atoms with E-state index in [1.54, 1.807) is 13.0 Å². The number of halogens is 1. The summed E-state index contributed by atoms with van der Waals surface area (Å²) in [4.78, 5) is 18.3. The van der Waals surface area contributed by atoms with E-state index in [0.29, 0.717) is 29.8 Å². The Balaban J connectivity index is 1.80. The van der Waals surface area contributed by atoms with Crippen molar-refractivity contribution in [2.45, 2.75) is 18.9 Å². The molecule has 1 atom stereocenters. The van der Waals surface area contributed by atoms with Gasteiger partial charge in [0.05, 0.1) is 17.8 Å². The maximum atomic E-state index is 13.0. The lowest BCUT2D eigenvalue weighted by molar-refractivity contribution is 0.0415. The van der Waals surface area contributed by atoms with Crippen LogP contribution in [-0.2, 0) is 5.60 Å². The van der Waals surface area contributed by atoms with Crippen LogP contribution in [0.3, 0.4) is 0 Å². The number of amides is 1. The topological polar surface area (TPSA) is 77.2 Å². The third-order valence-electron chi connectivity index (χ3n) is 4.34. The third-order valence-corrected chi connectivity index (χ3v) is 4.34. The van der Waals surface area contributed by atoms with E-state index in [4.69, 9.17) is 5.26 Å². The molecule has 1 aliphatic rings. The highest BCUT2D eigenvalue weighted by Crippen LogP contribution is 2.32. The number of hydrogen-bond donors (Lipinski definition) is 1. The Hall–Kier alpha value is -2.78. The molecule has 122 valence electrons. The van der Waals surface area contributed by atoms with Gasteiger partial charge in [-0.2, -0.15) is 5.26 Å². The number of carbonyl (C=O) groups excluding carboxylic acids is 1. The highest BCUT2D eigenvalue weighted by atomic mass is 19.1. The molecule has 0 aliphatic carbocycles. The van der Waals surface area contributed by atoms with Crippen molar-refractivity contribution < 1.29 is 14.3 Å². The second-order valence-electron chi connectivity index (χ2n) is 5.96. The number of aromatic nitrogens is 1. The summed E-state index contributed by atoms with van der Waals surface area (Å²) >= 11 is 0. The van der Waals surface area contributed by atoms with Crippen LogP contribution >= 0.6 is 0 Å². The Morgan fingerprint density at radius 3 is 2.67 bits per heavy atom. The predicted octanol–water partition coefficient (Wildman–Crippen LogP) is 2.13. The first-order valence-electron chi connectivity index (χ1n) is 7.58. The van der Waals surface area contributed by atoms with Crippen molar-refractivity contribution in [3.8, 4) is 6.07 Å². The first-order chi connectivity index (χ1) is 11.4. The van der Waals surface area contributed by atoms with Crippen molar-refractivity contribution >= 4 is 5.91 Å². The summed E-state index contributed by atoms with van der Waals surface area (Å²) in [6.45, 7) is 2.18. The molecule has 1 aliphatic heterocycles. The zero-order valence-electron chi connectivity index (χ0n) is 13.2. The molecule has 1 unspecified atom stereocenters. The van der Waals surface area contributed by atoms with Crippen LogP contribution in [0, 0.1) is 24.1 Å². The van der Waals surface area contributed by atoms with Gasteiger partial charge in [-0.3, -0.25) is 4.79 Å². The Bertz CT molecular complexity index is 829. The third kappa shape index (κ3) is 2.86. The van der Waals surface area contributed by atoms with Crippen LogP contribution < -0.4 is 0 Å². The number of hydrogen-bond acceptors (Lipinski definition) is 4. The zero-order chi connectivity index (χ0) is 17.3. The van der Waals surface area contributed by atoms with Crippen molar-refractivity contribution in [2.24, 2.45) is 0 Å². The minimum absolute atomic E-state index is 0.123. The first kappa shape index (κ1) is 16.1. The molecule has 1 N–H and O–H groups in total. The van der Waals surface area contributed by atoms with Gasteiger partial charge in [0.15, 0.2) is 0 Å². The maximum Gasteiger partial charge on any atom is 0.272 e. The van der Waals surface area contributed by atoms with Gasteiger partial charge in [-0.05, 0) is 43.2 Å². The number of nitrogens with zero attached hydrogens (tertiary/aromatic N) is 3. The van der Waals surface area contributed by atoms with Crippen LogP contribution in [0.25, 0.3) is 0 Å². The summed E-state index contributed by atoms with van der Waals surface area (Å²) in [7, 11) is 0. The summed E-state index contributed by atoms with van der Waals surface area (Å²) in [6.07, 6.45) is 0.375. The van der Waals surface area contributed by atoms with E-state index < -0.39 is 5.60 Å². The molecule has 24 heavy (non-hydrogen) atoms. The second-order valence-corrected chi connectivity index (χ2v) is 5.96. The van der Waals surface area contributed by atoms with Crippen molar-refractivity contribution in [3.63, 3.8) is 0 Å². The number of nitriles is 1. The van der Waals surface area contributed by atoms with Gasteiger partial charge in [-0.25, -0.2) is 9.37 Å². The fraction of sp³-hybridized carbons (Fsp3) is 0.278. The molecule has 3 rings (SSSR count). The average Bonchev–Trinajstić information content (AvgIpc) is 2.98. The van der Waals surface area contributed by atoms with E-state index in [2.05, 4.69) is 4.98 Å². The lowest BCUT2D eigenvalue weighted by Crippen LogP contribution is -2.34. The average molecular weight is 325 g/mol. The summed E-state index contributed by atoms with van der Waals surface area (Å²) in [5.41, 5.74) is 0.565. The van der Waals surface area contributed by atoms with E-state index in [0.717, 1.165) is 0 Å². The van der Waals surface area contributed by atoms with Gasteiger partial charge in [-0.15, -0.1) is 0 Å². The number of aryl methyl sites for hydroxylation is 1. The summed E-state index contributed by atoms with van der Waals surface area (Å²) < 4.78 is 13.0. The number of carbonyl (C=O) groups is 1. The van der Waals surface area contributed by atoms with Crippen LogP contribution in [-0.4, -0.2) is 34.0 Å². The fourth-order valence-corrected chi connectivity index (χ4v) is 2.92. The first-order valence-corrected chi connectivity index (χ1v) is 7.58. The van der Waals surface area contributed by atoms with Gasteiger partial charge >= 0.3 is 0 Å². The number of β-amino-alcohol motifs (C(OH)–C–C–N with tert-alkyl or cyclic N) is 1. The maximum absolute atomic E-state index is 13.0. The van der Waals surface area contributed by atoms with E-state index in [1.165, 1.54) is 35.2 Å². The van der Waals surface area contributed by atoms with Gasteiger partial charge in [0.25, 0.3) is 5.91 Å². The lowest BCUT2D eigenvalue weighted by Gasteiger charge is -2.24. The van der Waals surface area contributed by atoms with Crippen LogP contribution in [0.15, 0.2) is 36.4 Å². The molecule has 1 amide bonds. The Morgan fingerprint density at radius 2 is 2.04 bits per heavy atom. The number of benzene rings is 1. The summed E-state index contributed by atoms with van der Waals surface area (Å²) in [6, 6.07) is 10.8. The van der Waals surface area contributed by atoms with Crippen molar-refractivity contribution in [3.05, 3.63) is 64.7 Å². The van der Waals surface area contributed by atoms with Gasteiger partial charge in [0.2, 0.25) is 0 Å². The highest BCUT2D eigenvalue weighted by Gasteiger charge is 2.40. The van der Waals surface area contributed by atoms with Crippen molar-refractivity contribution in [1.82, 2.24) is 9.88 Å². The molecule has 2 heterocycles. The number of aliphatic hydroxyl groups is 1. The SMILES string of the molecule is Cc1nc(C(=O)N2CCC(O)(c3ccc(F)cc3)C2)ccc1C#N. The molecule has 1 fully saturated rings. The molecule has 0 radical (unpaired) electrons. The Kier molecular flexibility index (Phi) is 4.04. The molecular formula is C18H16FN3O2. The van der Waals surface area contributed by atoms with Crippen molar-refractivity contribution in [2.75, 3.05) is 13.1 Å².